The molecule has 0 N–H and O–H groups in total. The van der Waals surface area contributed by atoms with E-state index in [1.54, 1.807) is 0 Å². The van der Waals surface area contributed by atoms with Gasteiger partial charge in [-0.2, -0.15) is 0 Å². The largest absolute Gasteiger partial charge is 0.208 e. The molecule has 11 aromatic rings. The Bertz CT molecular complexity index is 3500. The Balaban J connectivity index is 0.972. The first-order valence-corrected chi connectivity index (χ1v) is 22.3. The normalized spacial score (nSPS) is 12.7. The molecule has 0 radical (unpaired) electrons. The Morgan fingerprint density at radius 3 is 1.12 bits per heavy atom. The molecule has 1 aromatic heterocycles. The average Bonchev–Trinajstić information content (AvgIpc) is 3.86. The van der Waals surface area contributed by atoms with Crippen LogP contribution in [0, 0.1) is 0 Å². The lowest BCUT2D eigenvalue weighted by atomic mass is 9.68. The van der Waals surface area contributed by atoms with Crippen LogP contribution in [-0.2, 0) is 5.41 Å². The number of aromatic nitrogens is 3. The quantitative estimate of drug-likeness (QED) is 0.168. The van der Waals surface area contributed by atoms with E-state index in [2.05, 4.69) is 224 Å². The molecule has 302 valence electrons. The Morgan fingerprint density at radius 1 is 0.231 bits per heavy atom. The van der Waals surface area contributed by atoms with E-state index in [1.165, 1.54) is 55.6 Å². The maximum atomic E-state index is 5.27. The maximum absolute atomic E-state index is 5.27. The van der Waals surface area contributed by atoms with Crippen LogP contribution in [0.1, 0.15) is 22.3 Å². The maximum Gasteiger partial charge on any atom is 0.164 e. The lowest BCUT2D eigenvalue weighted by Crippen LogP contribution is -2.26. The number of nitrogens with zero attached hydrogens (tertiary/aromatic N) is 3. The van der Waals surface area contributed by atoms with Crippen molar-refractivity contribution in [1.82, 2.24) is 15.0 Å². The highest BCUT2D eigenvalue weighted by Gasteiger charge is 2.52. The molecule has 0 aliphatic heterocycles. The summed E-state index contributed by atoms with van der Waals surface area (Å²) in [4.78, 5) is 15.8. The predicted molar refractivity (Wildman–Crippen MR) is 266 cm³/mol. The van der Waals surface area contributed by atoms with Crippen molar-refractivity contribution >= 4 is 10.8 Å². The van der Waals surface area contributed by atoms with Crippen molar-refractivity contribution in [2.75, 3.05) is 0 Å². The molecular weight excluding hydrogens is 787 g/mol. The van der Waals surface area contributed by atoms with Crippen molar-refractivity contribution in [3.63, 3.8) is 0 Å². The summed E-state index contributed by atoms with van der Waals surface area (Å²) in [5.74, 6) is 1.89. The summed E-state index contributed by atoms with van der Waals surface area (Å²) in [6, 6.07) is 85.1. The lowest BCUT2D eigenvalue weighted by molar-refractivity contribution is 0.796. The van der Waals surface area contributed by atoms with Gasteiger partial charge < -0.3 is 0 Å². The Labute approximate surface area is 378 Å². The van der Waals surface area contributed by atoms with Crippen LogP contribution < -0.4 is 0 Å². The summed E-state index contributed by atoms with van der Waals surface area (Å²) in [7, 11) is 0. The second-order valence-electron chi connectivity index (χ2n) is 17.0. The zero-order chi connectivity index (χ0) is 42.9. The van der Waals surface area contributed by atoms with Crippen LogP contribution in [0.25, 0.3) is 101 Å². The highest BCUT2D eigenvalue weighted by Crippen LogP contribution is 2.64. The van der Waals surface area contributed by atoms with Gasteiger partial charge in [-0.1, -0.05) is 224 Å². The van der Waals surface area contributed by atoms with Gasteiger partial charge in [-0.15, -0.1) is 0 Å². The van der Waals surface area contributed by atoms with Crippen molar-refractivity contribution in [2.24, 2.45) is 0 Å². The van der Waals surface area contributed by atoms with Crippen molar-refractivity contribution < 1.29 is 0 Å². The molecular formula is C62H39N3. The topological polar surface area (TPSA) is 38.7 Å². The number of hydrogen-bond acceptors (Lipinski definition) is 3. The monoisotopic (exact) mass is 825 g/mol. The third kappa shape index (κ3) is 5.72. The minimum Gasteiger partial charge on any atom is -0.208 e. The highest BCUT2D eigenvalue weighted by atomic mass is 15.0. The van der Waals surface area contributed by atoms with Gasteiger partial charge in [0.05, 0.1) is 5.41 Å². The molecule has 0 bridgehead atoms. The van der Waals surface area contributed by atoms with E-state index in [-0.39, 0.29) is 0 Å². The van der Waals surface area contributed by atoms with Gasteiger partial charge in [0.25, 0.3) is 0 Å². The molecule has 0 fully saturated rings. The Morgan fingerprint density at radius 2 is 0.600 bits per heavy atom. The van der Waals surface area contributed by atoms with Crippen LogP contribution in [0.3, 0.4) is 0 Å². The van der Waals surface area contributed by atoms with Crippen LogP contribution in [0.15, 0.2) is 237 Å². The fraction of sp³-hybridized carbons (Fsp3) is 0.0161. The smallest absolute Gasteiger partial charge is 0.164 e. The number of benzene rings is 10. The highest BCUT2D eigenvalue weighted by molar-refractivity contribution is 6.00. The van der Waals surface area contributed by atoms with E-state index in [9.17, 15) is 0 Å². The molecule has 13 rings (SSSR count). The first-order chi connectivity index (χ1) is 32.2. The molecule has 3 heteroatoms. The van der Waals surface area contributed by atoms with Gasteiger partial charge in [-0.05, 0) is 101 Å². The number of hydrogen-bond donors (Lipinski definition) is 0. The van der Waals surface area contributed by atoms with E-state index in [0.717, 1.165) is 49.7 Å². The zero-order valence-corrected chi connectivity index (χ0v) is 35.4. The molecule has 0 atom stereocenters. The van der Waals surface area contributed by atoms with E-state index >= 15 is 0 Å². The van der Waals surface area contributed by atoms with Gasteiger partial charge in [0, 0.05) is 16.7 Å². The lowest BCUT2D eigenvalue weighted by Gasteiger charge is -2.32. The summed E-state index contributed by atoms with van der Waals surface area (Å²) in [6.45, 7) is 0. The van der Waals surface area contributed by atoms with Crippen molar-refractivity contribution in [3.8, 4) is 89.8 Å². The summed E-state index contributed by atoms with van der Waals surface area (Å²) in [6.07, 6.45) is 0. The number of fused-ring (bicyclic) bond motifs is 11. The molecule has 0 amide bonds. The van der Waals surface area contributed by atoms with Gasteiger partial charge in [0.1, 0.15) is 0 Å². The van der Waals surface area contributed by atoms with E-state index in [1.807, 2.05) is 12.1 Å². The van der Waals surface area contributed by atoms with E-state index in [0.29, 0.717) is 17.5 Å². The van der Waals surface area contributed by atoms with Crippen molar-refractivity contribution in [3.05, 3.63) is 259 Å². The van der Waals surface area contributed by atoms with E-state index < -0.39 is 5.41 Å². The third-order valence-electron chi connectivity index (χ3n) is 13.6. The van der Waals surface area contributed by atoms with Gasteiger partial charge >= 0.3 is 0 Å². The zero-order valence-electron chi connectivity index (χ0n) is 35.4. The predicted octanol–water partition coefficient (Wildman–Crippen LogP) is 15.4. The van der Waals surface area contributed by atoms with Gasteiger partial charge in [-0.3, -0.25) is 0 Å². The van der Waals surface area contributed by atoms with Crippen LogP contribution >= 0.6 is 0 Å². The Hall–Kier alpha value is -8.53. The minimum absolute atomic E-state index is 0.430. The second kappa shape index (κ2) is 14.8. The SMILES string of the molecule is c1ccc(-c2ccccc2-c2nc(-c3ccc4cc(-c5cccc6c5C5(c7ccccc7-c7ccccc75)c5ccccc5-6)ccc4c3)nc(-c3ccccc3-c3ccccc3)n2)cc1. The minimum atomic E-state index is -0.430. The molecule has 0 saturated carbocycles. The molecule has 10 aromatic carbocycles. The summed E-state index contributed by atoms with van der Waals surface area (Å²) in [5.41, 5.74) is 19.8. The summed E-state index contributed by atoms with van der Waals surface area (Å²) >= 11 is 0. The van der Waals surface area contributed by atoms with Gasteiger partial charge in [0.2, 0.25) is 0 Å². The van der Waals surface area contributed by atoms with Crippen LogP contribution in [0.2, 0.25) is 0 Å². The van der Waals surface area contributed by atoms with Crippen molar-refractivity contribution in [1.29, 1.82) is 0 Å². The van der Waals surface area contributed by atoms with Crippen LogP contribution in [-0.4, -0.2) is 15.0 Å². The van der Waals surface area contributed by atoms with Gasteiger partial charge in [-0.25, -0.2) is 15.0 Å². The fourth-order valence-corrected chi connectivity index (χ4v) is 10.8. The molecule has 1 heterocycles. The molecule has 65 heavy (non-hydrogen) atoms. The number of rotatable bonds is 6. The first kappa shape index (κ1) is 37.1. The fourth-order valence-electron chi connectivity index (χ4n) is 10.8. The van der Waals surface area contributed by atoms with E-state index in [4.69, 9.17) is 15.0 Å². The molecule has 2 aliphatic carbocycles. The third-order valence-corrected chi connectivity index (χ3v) is 13.6. The second-order valence-corrected chi connectivity index (χ2v) is 17.0. The first-order valence-electron chi connectivity index (χ1n) is 22.3. The van der Waals surface area contributed by atoms with Crippen LogP contribution in [0.4, 0.5) is 0 Å². The summed E-state index contributed by atoms with van der Waals surface area (Å²) in [5, 5.41) is 2.27. The molecule has 3 nitrogen and oxygen atoms in total. The standard InChI is InChI=1S/C62H39N3/c1-3-18-40(19-4-1)46-22-7-9-27-53(46)60-63-59(64-61(65-60)54-28-10-8-23-47(54)41-20-5-2-6-21-41)45-37-35-42-38-44(36-34-43(42)39-45)48-29-17-30-52-51-26-13-16-33-57(51)62(58(48)52)55-31-14-11-24-49(55)50-25-12-15-32-56(50)62/h1-39H. The van der Waals surface area contributed by atoms with Crippen molar-refractivity contribution in [2.45, 2.75) is 5.41 Å². The molecule has 1 spiro atoms. The Kier molecular flexibility index (Phi) is 8.44. The molecule has 0 saturated heterocycles. The molecule has 0 unspecified atom stereocenters. The molecule has 2 aliphatic rings. The van der Waals surface area contributed by atoms with Gasteiger partial charge in [0.15, 0.2) is 17.5 Å². The van der Waals surface area contributed by atoms with Crippen LogP contribution in [0.5, 0.6) is 0 Å². The summed E-state index contributed by atoms with van der Waals surface area (Å²) < 4.78 is 0. The average molecular weight is 826 g/mol.